The first-order valence-electron chi connectivity index (χ1n) is 11.3. The van der Waals surface area contributed by atoms with E-state index in [9.17, 15) is 10.1 Å². The Morgan fingerprint density at radius 3 is 1.71 bits per heavy atom. The molecule has 2 aromatic heterocycles. The van der Waals surface area contributed by atoms with Crippen molar-refractivity contribution in [2.45, 2.75) is 25.7 Å². The number of halogens is 2. The first-order chi connectivity index (χ1) is 16.4. The van der Waals surface area contributed by atoms with Crippen LogP contribution in [0.15, 0.2) is 36.7 Å². The summed E-state index contributed by atoms with van der Waals surface area (Å²) in [5, 5.41) is 10.5. The SMILES string of the molecule is Nc1ccc(OCC2CCN(Br)CC2)nc1.O=[N+]([O-])c1ccc(OCC2CCN(Br)CC2)nc1.[Fe]. The Balaban J connectivity index is 0.000000241. The first kappa shape index (κ1) is 29.7. The zero-order valence-electron chi connectivity index (χ0n) is 19.2. The number of hydrogen-bond donors (Lipinski definition) is 1. The van der Waals surface area contributed by atoms with Gasteiger partial charge < -0.3 is 15.2 Å². The van der Waals surface area contributed by atoms with E-state index in [4.69, 9.17) is 15.2 Å². The Morgan fingerprint density at radius 1 is 0.886 bits per heavy atom. The number of nitro groups is 1. The number of nitrogens with zero attached hydrogens (tertiary/aromatic N) is 5. The van der Waals surface area contributed by atoms with Gasteiger partial charge in [0.05, 0.1) is 30.0 Å². The summed E-state index contributed by atoms with van der Waals surface area (Å²) < 4.78 is 15.5. The second kappa shape index (κ2) is 15.6. The summed E-state index contributed by atoms with van der Waals surface area (Å²) in [5.74, 6) is 2.27. The fourth-order valence-corrected chi connectivity index (χ4v) is 4.40. The molecule has 2 fully saturated rings. The molecule has 2 aliphatic rings. The van der Waals surface area contributed by atoms with E-state index in [-0.39, 0.29) is 22.8 Å². The molecule has 0 bridgehead atoms. The van der Waals surface area contributed by atoms with Crippen LogP contribution in [0.1, 0.15) is 25.7 Å². The molecule has 0 unspecified atom stereocenters. The summed E-state index contributed by atoms with van der Waals surface area (Å²) in [4.78, 5) is 18.0. The van der Waals surface area contributed by atoms with E-state index in [0.717, 1.165) is 45.6 Å². The molecule has 0 atom stereocenters. The fraction of sp³-hybridized carbons (Fsp3) is 0.545. The van der Waals surface area contributed by atoms with E-state index < -0.39 is 4.92 Å². The fourth-order valence-electron chi connectivity index (χ4n) is 3.59. The van der Waals surface area contributed by atoms with E-state index in [1.54, 1.807) is 6.20 Å². The molecule has 35 heavy (non-hydrogen) atoms. The second-order valence-electron chi connectivity index (χ2n) is 8.37. The van der Waals surface area contributed by atoms with Crippen LogP contribution >= 0.6 is 32.3 Å². The maximum Gasteiger partial charge on any atom is 0.287 e. The van der Waals surface area contributed by atoms with Gasteiger partial charge in [0.2, 0.25) is 11.8 Å². The number of ether oxygens (including phenoxy) is 2. The van der Waals surface area contributed by atoms with Gasteiger partial charge >= 0.3 is 0 Å². The quantitative estimate of drug-likeness (QED) is 0.199. The van der Waals surface area contributed by atoms with Crippen LogP contribution in [0.2, 0.25) is 0 Å². The van der Waals surface area contributed by atoms with Gasteiger partial charge in [0.15, 0.2) is 0 Å². The molecule has 2 saturated heterocycles. The van der Waals surface area contributed by atoms with Crippen molar-refractivity contribution in [2.75, 3.05) is 45.1 Å². The van der Waals surface area contributed by atoms with Crippen LogP contribution < -0.4 is 15.2 Å². The third-order valence-electron chi connectivity index (χ3n) is 5.74. The molecule has 194 valence electrons. The van der Waals surface area contributed by atoms with Gasteiger partial charge in [-0.1, -0.05) is 0 Å². The summed E-state index contributed by atoms with van der Waals surface area (Å²) in [6, 6.07) is 6.57. The van der Waals surface area contributed by atoms with Gasteiger partial charge in [0.25, 0.3) is 5.69 Å². The molecular weight excluding hydrogens is 628 g/mol. The summed E-state index contributed by atoms with van der Waals surface area (Å²) in [6.45, 7) is 5.57. The third-order valence-corrected chi connectivity index (χ3v) is 7.16. The largest absolute Gasteiger partial charge is 0.477 e. The van der Waals surface area contributed by atoms with Gasteiger partial charge in [-0.05, 0) is 43.6 Å². The zero-order valence-corrected chi connectivity index (χ0v) is 23.5. The van der Waals surface area contributed by atoms with Crippen molar-refractivity contribution in [3.05, 3.63) is 46.8 Å². The van der Waals surface area contributed by atoms with Gasteiger partial charge in [-0.25, -0.2) is 17.8 Å². The van der Waals surface area contributed by atoms with Crippen LogP contribution in [0.4, 0.5) is 11.4 Å². The van der Waals surface area contributed by atoms with E-state index in [2.05, 4.69) is 50.1 Å². The van der Waals surface area contributed by atoms with Gasteiger partial charge in [-0.3, -0.25) is 10.1 Å². The Labute approximate surface area is 233 Å². The minimum absolute atomic E-state index is 0. The Bertz CT molecular complexity index is 881. The number of piperidine rings is 2. The summed E-state index contributed by atoms with van der Waals surface area (Å²) in [5.41, 5.74) is 6.20. The topological polar surface area (TPSA) is 120 Å². The molecule has 0 saturated carbocycles. The average molecular weight is 658 g/mol. The van der Waals surface area contributed by atoms with Crippen LogP contribution in [0, 0.1) is 22.0 Å². The molecule has 0 spiro atoms. The molecule has 4 rings (SSSR count). The molecule has 0 aliphatic carbocycles. The van der Waals surface area contributed by atoms with Gasteiger partial charge in [-0.2, -0.15) is 0 Å². The summed E-state index contributed by atoms with van der Waals surface area (Å²) >= 11 is 6.94. The predicted octanol–water partition coefficient (Wildman–Crippen LogP) is 4.45. The van der Waals surface area contributed by atoms with Crippen molar-refractivity contribution in [2.24, 2.45) is 11.8 Å². The number of nitrogens with two attached hydrogens (primary N) is 1. The van der Waals surface area contributed by atoms with Crippen molar-refractivity contribution in [3.8, 4) is 11.8 Å². The number of nitrogen functional groups attached to an aromatic ring is 1. The van der Waals surface area contributed by atoms with E-state index >= 15 is 0 Å². The molecule has 4 heterocycles. The van der Waals surface area contributed by atoms with Crippen LogP contribution in [0.5, 0.6) is 11.8 Å². The summed E-state index contributed by atoms with van der Waals surface area (Å²) in [6.07, 6.45) is 7.34. The van der Waals surface area contributed by atoms with Crippen molar-refractivity contribution < 1.29 is 31.5 Å². The summed E-state index contributed by atoms with van der Waals surface area (Å²) in [7, 11) is 0. The van der Waals surface area contributed by atoms with E-state index in [1.165, 1.54) is 31.2 Å². The minimum Gasteiger partial charge on any atom is -0.477 e. The maximum atomic E-state index is 10.5. The monoisotopic (exact) mass is 656 g/mol. The standard InChI is InChI=1S/C11H14BrN3O3.C11H16BrN3O.Fe/c12-14-5-3-9(4-6-14)8-18-11-2-1-10(7-13-11)15(16)17;12-15-5-3-9(4-6-15)8-16-11-2-1-10(13)7-14-11;/h1-2,7,9H,3-6,8H2;1-2,7,9H,3-6,8,13H2;. The number of aromatic nitrogens is 2. The molecule has 2 aliphatic heterocycles. The number of rotatable bonds is 7. The second-order valence-corrected chi connectivity index (χ2v) is 10.4. The molecule has 0 radical (unpaired) electrons. The molecule has 0 aromatic carbocycles. The van der Waals surface area contributed by atoms with Gasteiger partial charge in [-0.15, -0.1) is 0 Å². The van der Waals surface area contributed by atoms with Crippen LogP contribution in [0.3, 0.4) is 0 Å². The number of pyridine rings is 2. The van der Waals surface area contributed by atoms with Crippen LogP contribution in [-0.4, -0.2) is 62.1 Å². The van der Waals surface area contributed by atoms with E-state index in [0.29, 0.717) is 35.9 Å². The third kappa shape index (κ3) is 11.0. The molecule has 0 amide bonds. The normalized spacial score (nSPS) is 17.5. The molecule has 10 nitrogen and oxygen atoms in total. The molecule has 2 aromatic rings. The van der Waals surface area contributed by atoms with Crippen molar-refractivity contribution in [3.63, 3.8) is 0 Å². The van der Waals surface area contributed by atoms with Crippen LogP contribution in [0.25, 0.3) is 0 Å². The minimum atomic E-state index is -0.470. The zero-order chi connectivity index (χ0) is 24.3. The van der Waals surface area contributed by atoms with Crippen molar-refractivity contribution in [1.82, 2.24) is 17.8 Å². The Morgan fingerprint density at radius 2 is 1.34 bits per heavy atom. The number of hydrogen-bond acceptors (Lipinski definition) is 9. The van der Waals surface area contributed by atoms with E-state index in [1.807, 2.05) is 12.1 Å². The predicted molar refractivity (Wildman–Crippen MR) is 137 cm³/mol. The van der Waals surface area contributed by atoms with Crippen molar-refractivity contribution in [1.29, 1.82) is 0 Å². The average Bonchev–Trinajstić information content (AvgIpc) is 2.85. The van der Waals surface area contributed by atoms with Gasteiger partial charge in [0.1, 0.15) is 6.20 Å². The smallest absolute Gasteiger partial charge is 0.287 e. The Hall–Kier alpha value is -1.50. The van der Waals surface area contributed by atoms with Crippen LogP contribution in [-0.2, 0) is 17.1 Å². The Kier molecular flexibility index (Phi) is 13.2. The number of anilines is 1. The first-order valence-corrected chi connectivity index (χ1v) is 12.7. The van der Waals surface area contributed by atoms with Crippen molar-refractivity contribution >= 4 is 43.7 Å². The maximum absolute atomic E-state index is 10.5. The molecule has 2 N–H and O–H groups in total. The molecular formula is C22H30Br2FeN6O4. The van der Waals surface area contributed by atoms with Gasteiger partial charge in [0, 0.05) is 93.7 Å². The molecule has 13 heteroatoms.